The number of nitrogens with zero attached hydrogens (tertiary/aromatic N) is 3. The molecule has 0 radical (unpaired) electrons. The highest BCUT2D eigenvalue weighted by Gasteiger charge is 2.35. The van der Waals surface area contributed by atoms with Crippen molar-refractivity contribution in [2.24, 2.45) is 0 Å². The fourth-order valence-electron chi connectivity index (χ4n) is 4.80. The van der Waals surface area contributed by atoms with Gasteiger partial charge >= 0.3 is 0 Å². The minimum Gasteiger partial charge on any atom is -0.490 e. The largest absolute Gasteiger partial charge is 0.490 e. The summed E-state index contributed by atoms with van der Waals surface area (Å²) in [5, 5.41) is 12.1. The molecular formula is C32H43N5O3S. The number of carbonyl (C=O) groups excluding carboxylic acids is 1. The Hall–Kier alpha value is -3.46. The van der Waals surface area contributed by atoms with Crippen LogP contribution < -0.4 is 20.1 Å². The second-order valence-corrected chi connectivity index (χ2v) is 11.4. The topological polar surface area (TPSA) is 90.3 Å². The third-order valence-corrected chi connectivity index (χ3v) is 8.17. The van der Waals surface area contributed by atoms with Crippen molar-refractivity contribution in [2.45, 2.75) is 84.8 Å². The summed E-state index contributed by atoms with van der Waals surface area (Å²) in [7, 11) is 0. The first-order chi connectivity index (χ1) is 19.9. The summed E-state index contributed by atoms with van der Waals surface area (Å²) in [6.45, 7) is 13.4. The zero-order valence-electron chi connectivity index (χ0n) is 25.2. The van der Waals surface area contributed by atoms with Gasteiger partial charge in [-0.15, -0.1) is 5.10 Å². The van der Waals surface area contributed by atoms with Crippen LogP contribution in [0.25, 0.3) is 0 Å². The van der Waals surface area contributed by atoms with Crippen molar-refractivity contribution in [2.75, 3.05) is 29.6 Å². The van der Waals surface area contributed by atoms with Gasteiger partial charge in [0.05, 0.1) is 18.8 Å². The van der Waals surface area contributed by atoms with E-state index in [1.54, 1.807) is 11.8 Å². The SMILES string of the molecule is CCCCCOc1ccc(C2C(C(=O)Nc3cccc(C)c3C)=C(C)Nc3nc(SCCCC)nn32)cc1OCC. The number of fused-ring (bicyclic) bond motifs is 1. The Labute approximate surface area is 248 Å². The Balaban J connectivity index is 1.75. The molecule has 1 aliphatic rings. The lowest BCUT2D eigenvalue weighted by Crippen LogP contribution is -2.31. The molecule has 3 aromatic rings. The van der Waals surface area contributed by atoms with Gasteiger partial charge in [-0.25, -0.2) is 4.68 Å². The van der Waals surface area contributed by atoms with Crippen molar-refractivity contribution >= 4 is 29.3 Å². The third-order valence-electron chi connectivity index (χ3n) is 7.25. The lowest BCUT2D eigenvalue weighted by Gasteiger charge is -2.29. The average Bonchev–Trinajstić information content (AvgIpc) is 3.36. The van der Waals surface area contributed by atoms with Gasteiger partial charge < -0.3 is 20.1 Å². The lowest BCUT2D eigenvalue weighted by atomic mass is 9.94. The number of unbranched alkanes of at least 4 members (excludes halogenated alkanes) is 3. The summed E-state index contributed by atoms with van der Waals surface area (Å²) in [5.74, 6) is 2.74. The maximum atomic E-state index is 14.0. The molecule has 220 valence electrons. The van der Waals surface area contributed by atoms with Gasteiger partial charge in [0, 0.05) is 17.1 Å². The molecule has 0 aliphatic carbocycles. The van der Waals surface area contributed by atoms with E-state index in [1.807, 2.05) is 68.8 Å². The number of benzene rings is 2. The van der Waals surface area contributed by atoms with Crippen LogP contribution in [0.5, 0.6) is 11.5 Å². The van der Waals surface area contributed by atoms with Crippen LogP contribution in [0.1, 0.15) is 82.5 Å². The molecule has 1 amide bonds. The van der Waals surface area contributed by atoms with E-state index in [9.17, 15) is 4.79 Å². The van der Waals surface area contributed by atoms with Gasteiger partial charge in [0.15, 0.2) is 11.5 Å². The molecule has 0 bridgehead atoms. The Morgan fingerprint density at radius 2 is 1.83 bits per heavy atom. The van der Waals surface area contributed by atoms with Gasteiger partial charge in [-0.3, -0.25) is 4.79 Å². The monoisotopic (exact) mass is 577 g/mol. The van der Waals surface area contributed by atoms with Crippen LogP contribution in [0.15, 0.2) is 52.8 Å². The van der Waals surface area contributed by atoms with E-state index in [4.69, 9.17) is 19.6 Å². The molecule has 41 heavy (non-hydrogen) atoms. The maximum Gasteiger partial charge on any atom is 0.255 e. The number of nitrogens with one attached hydrogen (secondary N) is 2. The number of carbonyl (C=O) groups is 1. The molecule has 1 aliphatic heterocycles. The molecule has 0 saturated heterocycles. The molecule has 4 rings (SSSR count). The van der Waals surface area contributed by atoms with Crippen molar-refractivity contribution in [3.8, 4) is 11.5 Å². The smallest absolute Gasteiger partial charge is 0.255 e. The van der Waals surface area contributed by atoms with E-state index >= 15 is 0 Å². The first-order valence-electron chi connectivity index (χ1n) is 14.7. The van der Waals surface area contributed by atoms with E-state index in [1.165, 1.54) is 0 Å². The minimum absolute atomic E-state index is 0.187. The van der Waals surface area contributed by atoms with Gasteiger partial charge in [0.1, 0.15) is 6.04 Å². The van der Waals surface area contributed by atoms with Crippen molar-refractivity contribution in [3.05, 3.63) is 64.4 Å². The zero-order valence-corrected chi connectivity index (χ0v) is 26.0. The quantitative estimate of drug-likeness (QED) is 0.150. The predicted octanol–water partition coefficient (Wildman–Crippen LogP) is 7.68. The molecule has 0 saturated carbocycles. The second kappa shape index (κ2) is 14.4. The number of thioether (sulfide) groups is 1. The summed E-state index contributed by atoms with van der Waals surface area (Å²) in [4.78, 5) is 18.8. The van der Waals surface area contributed by atoms with E-state index in [-0.39, 0.29) is 5.91 Å². The van der Waals surface area contributed by atoms with Crippen LogP contribution in [0.2, 0.25) is 0 Å². The first-order valence-corrected chi connectivity index (χ1v) is 15.7. The Kier molecular flexibility index (Phi) is 10.7. The molecule has 1 aromatic heterocycles. The van der Waals surface area contributed by atoms with Gasteiger partial charge in [-0.2, -0.15) is 4.98 Å². The van der Waals surface area contributed by atoms with E-state index in [0.29, 0.717) is 41.4 Å². The molecule has 1 unspecified atom stereocenters. The van der Waals surface area contributed by atoms with Gasteiger partial charge in [0.25, 0.3) is 5.91 Å². The van der Waals surface area contributed by atoms with Crippen molar-refractivity contribution in [3.63, 3.8) is 0 Å². The molecule has 9 heteroatoms. The number of hydrogen-bond acceptors (Lipinski definition) is 7. The standard InChI is InChI=1S/C32H43N5O3S/c1-7-10-12-18-40-26-17-16-24(20-27(26)39-9-3)29-28(30(38)34-25-15-13-14-21(4)22(25)5)23(6)33-31-35-32(36-37(29)31)41-19-11-8-2/h13-17,20,29H,7-12,18-19H2,1-6H3,(H,34,38)(H,33,35,36). The fourth-order valence-corrected chi connectivity index (χ4v) is 5.71. The summed E-state index contributed by atoms with van der Waals surface area (Å²) in [5.41, 5.74) is 5.14. The predicted molar refractivity (Wildman–Crippen MR) is 167 cm³/mol. The second-order valence-electron chi connectivity index (χ2n) is 10.3. The first kappa shape index (κ1) is 30.5. The van der Waals surface area contributed by atoms with Crippen LogP contribution in [0.4, 0.5) is 11.6 Å². The fraction of sp³-hybridized carbons (Fsp3) is 0.469. The van der Waals surface area contributed by atoms with Crippen LogP contribution in [0.3, 0.4) is 0 Å². The van der Waals surface area contributed by atoms with Crippen LogP contribution >= 0.6 is 11.8 Å². The number of aromatic nitrogens is 3. The van der Waals surface area contributed by atoms with Crippen LogP contribution in [-0.2, 0) is 4.79 Å². The van der Waals surface area contributed by atoms with Crippen molar-refractivity contribution in [1.82, 2.24) is 14.8 Å². The molecule has 0 spiro atoms. The third kappa shape index (κ3) is 7.25. The molecular weight excluding hydrogens is 534 g/mol. The van der Waals surface area contributed by atoms with Crippen molar-refractivity contribution in [1.29, 1.82) is 0 Å². The zero-order chi connectivity index (χ0) is 29.4. The maximum absolute atomic E-state index is 14.0. The van der Waals surface area contributed by atoms with Crippen LogP contribution in [-0.4, -0.2) is 39.6 Å². The number of anilines is 2. The number of ether oxygens (including phenoxy) is 2. The van der Waals surface area contributed by atoms with Gasteiger partial charge in [0.2, 0.25) is 11.1 Å². The summed E-state index contributed by atoms with van der Waals surface area (Å²) >= 11 is 1.63. The Bertz CT molecular complexity index is 1380. The highest BCUT2D eigenvalue weighted by Crippen LogP contribution is 2.40. The molecule has 1 atom stereocenters. The van der Waals surface area contributed by atoms with Gasteiger partial charge in [-0.05, 0) is 75.4 Å². The highest BCUT2D eigenvalue weighted by atomic mass is 32.2. The molecule has 2 heterocycles. The Morgan fingerprint density at radius 3 is 2.59 bits per heavy atom. The van der Waals surface area contributed by atoms with Gasteiger partial charge in [-0.1, -0.05) is 63.1 Å². The summed E-state index contributed by atoms with van der Waals surface area (Å²) in [6, 6.07) is 11.3. The normalized spacial score (nSPS) is 14.4. The van der Waals surface area contributed by atoms with E-state index in [0.717, 1.165) is 65.9 Å². The molecule has 8 nitrogen and oxygen atoms in total. The average molecular weight is 578 g/mol. The summed E-state index contributed by atoms with van der Waals surface area (Å²) in [6.07, 6.45) is 5.44. The van der Waals surface area contributed by atoms with Crippen LogP contribution in [0, 0.1) is 13.8 Å². The lowest BCUT2D eigenvalue weighted by molar-refractivity contribution is -0.113. The van der Waals surface area contributed by atoms with E-state index in [2.05, 4.69) is 24.5 Å². The Morgan fingerprint density at radius 1 is 1.02 bits per heavy atom. The molecule has 2 aromatic carbocycles. The van der Waals surface area contributed by atoms with E-state index < -0.39 is 6.04 Å². The minimum atomic E-state index is -0.502. The molecule has 2 N–H and O–H groups in total. The molecule has 0 fully saturated rings. The number of allylic oxidation sites excluding steroid dienone is 1. The van der Waals surface area contributed by atoms with Crippen molar-refractivity contribution < 1.29 is 14.3 Å². The highest BCUT2D eigenvalue weighted by molar-refractivity contribution is 7.99. The number of aryl methyl sites for hydroxylation is 1. The number of rotatable bonds is 14. The summed E-state index contributed by atoms with van der Waals surface area (Å²) < 4.78 is 13.9. The number of amides is 1. The number of hydrogen-bond donors (Lipinski definition) is 2.